The Labute approximate surface area is 74.6 Å². The molecule has 0 nitrogen and oxygen atoms in total. The largest absolute Gasteiger partial charge is 0.0622 e. The van der Waals surface area contributed by atoms with E-state index >= 15 is 0 Å². The summed E-state index contributed by atoms with van der Waals surface area (Å²) >= 11 is 0. The molecule has 0 heteroatoms. The first-order valence-corrected chi connectivity index (χ1v) is 4.68. The Kier molecular flexibility index (Phi) is 1.92. The minimum atomic E-state index is 0.376. The van der Waals surface area contributed by atoms with E-state index in [4.69, 9.17) is 0 Å². The summed E-state index contributed by atoms with van der Waals surface area (Å²) in [6.07, 6.45) is 5.15. The summed E-state index contributed by atoms with van der Waals surface area (Å²) in [5.74, 6) is 0. The van der Waals surface area contributed by atoms with Crippen molar-refractivity contribution in [3.8, 4) is 0 Å². The number of benzene rings is 1. The van der Waals surface area contributed by atoms with E-state index in [-0.39, 0.29) is 0 Å². The first-order valence-electron chi connectivity index (χ1n) is 4.68. The molecule has 1 aliphatic rings. The predicted octanol–water partition coefficient (Wildman–Crippen LogP) is 3.23. The summed E-state index contributed by atoms with van der Waals surface area (Å²) in [5.41, 5.74) is 1.81. The van der Waals surface area contributed by atoms with Crippen molar-refractivity contribution >= 4 is 0 Å². The zero-order chi connectivity index (χ0) is 8.44. The van der Waals surface area contributed by atoms with Crippen LogP contribution in [0, 0.1) is 12.3 Å². The molecule has 0 N–H and O–H groups in total. The second-order valence-corrected chi connectivity index (χ2v) is 4.02. The van der Waals surface area contributed by atoms with Crippen LogP contribution >= 0.6 is 0 Å². The maximum absolute atomic E-state index is 4.27. The van der Waals surface area contributed by atoms with Crippen LogP contribution in [0.2, 0.25) is 0 Å². The quantitative estimate of drug-likeness (QED) is 0.621. The van der Waals surface area contributed by atoms with Crippen LogP contribution in [0.4, 0.5) is 0 Å². The summed E-state index contributed by atoms with van der Waals surface area (Å²) in [5, 5.41) is 0. The summed E-state index contributed by atoms with van der Waals surface area (Å²) in [7, 11) is 0. The van der Waals surface area contributed by atoms with Gasteiger partial charge in [-0.1, -0.05) is 36.8 Å². The Morgan fingerprint density at radius 3 is 2.33 bits per heavy atom. The van der Waals surface area contributed by atoms with Crippen LogP contribution < -0.4 is 0 Å². The summed E-state index contributed by atoms with van der Waals surface area (Å²) < 4.78 is 0. The van der Waals surface area contributed by atoms with Gasteiger partial charge in [0.25, 0.3) is 0 Å². The monoisotopic (exact) mass is 159 g/mol. The highest BCUT2D eigenvalue weighted by Crippen LogP contribution is 2.42. The molecule has 0 amide bonds. The van der Waals surface area contributed by atoms with Crippen LogP contribution in [-0.4, -0.2) is 0 Å². The van der Waals surface area contributed by atoms with Gasteiger partial charge in [0.2, 0.25) is 0 Å². The molecular weight excluding hydrogens is 144 g/mol. The lowest BCUT2D eigenvalue weighted by Crippen LogP contribution is -2.28. The van der Waals surface area contributed by atoms with Crippen molar-refractivity contribution in [2.24, 2.45) is 5.41 Å². The van der Waals surface area contributed by atoms with E-state index < -0.39 is 0 Å². The van der Waals surface area contributed by atoms with Gasteiger partial charge >= 0.3 is 0 Å². The van der Waals surface area contributed by atoms with Gasteiger partial charge in [-0.3, -0.25) is 0 Å². The highest BCUT2D eigenvalue weighted by molar-refractivity contribution is 5.17. The van der Waals surface area contributed by atoms with Gasteiger partial charge in [0, 0.05) is 0 Å². The fourth-order valence-corrected chi connectivity index (χ4v) is 1.88. The van der Waals surface area contributed by atoms with Gasteiger partial charge in [0.1, 0.15) is 0 Å². The first-order chi connectivity index (χ1) is 5.79. The maximum atomic E-state index is 4.27. The third kappa shape index (κ3) is 1.52. The van der Waals surface area contributed by atoms with Crippen LogP contribution in [0.3, 0.4) is 0 Å². The molecular formula is C12H15. The zero-order valence-corrected chi connectivity index (χ0v) is 7.42. The third-order valence-electron chi connectivity index (χ3n) is 2.84. The van der Waals surface area contributed by atoms with Gasteiger partial charge in [-0.05, 0) is 37.2 Å². The minimum absolute atomic E-state index is 0.376. The van der Waals surface area contributed by atoms with E-state index in [2.05, 4.69) is 37.3 Å². The zero-order valence-electron chi connectivity index (χ0n) is 7.42. The lowest BCUT2D eigenvalue weighted by molar-refractivity contribution is 0.199. The lowest BCUT2D eigenvalue weighted by atomic mass is 9.67. The average Bonchev–Trinajstić information content (AvgIpc) is 2.04. The second kappa shape index (κ2) is 2.93. The maximum Gasteiger partial charge on any atom is -0.0222 e. The van der Waals surface area contributed by atoms with E-state index in [1.54, 1.807) is 0 Å². The molecule has 12 heavy (non-hydrogen) atoms. The molecule has 0 aromatic heterocycles. The van der Waals surface area contributed by atoms with E-state index in [0.717, 1.165) is 6.42 Å². The third-order valence-corrected chi connectivity index (χ3v) is 2.84. The molecule has 1 aliphatic carbocycles. The highest BCUT2D eigenvalue weighted by Gasteiger charge is 2.31. The normalized spacial score (nSPS) is 20.1. The molecule has 0 aliphatic heterocycles. The Balaban J connectivity index is 2.04. The lowest BCUT2D eigenvalue weighted by Gasteiger charge is -2.38. The fourth-order valence-electron chi connectivity index (χ4n) is 1.88. The molecule has 63 valence electrons. The van der Waals surface area contributed by atoms with Gasteiger partial charge < -0.3 is 0 Å². The van der Waals surface area contributed by atoms with E-state index in [1.165, 1.54) is 24.8 Å². The van der Waals surface area contributed by atoms with Gasteiger partial charge in [-0.2, -0.15) is 0 Å². The molecule has 1 fully saturated rings. The van der Waals surface area contributed by atoms with E-state index in [0.29, 0.717) is 5.41 Å². The molecule has 0 heterocycles. The Morgan fingerprint density at radius 2 is 1.83 bits per heavy atom. The molecule has 2 rings (SSSR count). The summed E-state index contributed by atoms with van der Waals surface area (Å²) in [6.45, 7) is 4.27. The topological polar surface area (TPSA) is 0 Å². The molecule has 1 aromatic carbocycles. The standard InChI is InChI=1S/C12H15/c1-12(8-5-9-12)10-11-6-3-2-4-7-11/h2-4,6-7H,1,5,8-10H2. The van der Waals surface area contributed by atoms with Gasteiger partial charge in [0.15, 0.2) is 0 Å². The molecule has 0 spiro atoms. The van der Waals surface area contributed by atoms with Crippen molar-refractivity contribution in [1.82, 2.24) is 0 Å². The van der Waals surface area contributed by atoms with Crippen molar-refractivity contribution in [3.05, 3.63) is 42.8 Å². The van der Waals surface area contributed by atoms with Crippen molar-refractivity contribution in [2.75, 3.05) is 0 Å². The highest BCUT2D eigenvalue weighted by atomic mass is 14.4. The molecule has 0 saturated heterocycles. The summed E-state index contributed by atoms with van der Waals surface area (Å²) in [4.78, 5) is 0. The van der Waals surface area contributed by atoms with Gasteiger partial charge in [0.05, 0.1) is 0 Å². The molecule has 1 aromatic rings. The number of hydrogen-bond acceptors (Lipinski definition) is 0. The molecule has 1 radical (unpaired) electrons. The fraction of sp³-hybridized carbons (Fsp3) is 0.417. The van der Waals surface area contributed by atoms with Crippen molar-refractivity contribution < 1.29 is 0 Å². The van der Waals surface area contributed by atoms with E-state index in [9.17, 15) is 0 Å². The van der Waals surface area contributed by atoms with Crippen LogP contribution in [-0.2, 0) is 6.42 Å². The first kappa shape index (κ1) is 7.85. The SMILES string of the molecule is [CH2]C1(Cc2ccccc2)CCC1. The smallest absolute Gasteiger partial charge is 0.0222 e. The van der Waals surface area contributed by atoms with Crippen molar-refractivity contribution in [2.45, 2.75) is 25.7 Å². The molecule has 0 unspecified atom stereocenters. The van der Waals surface area contributed by atoms with E-state index in [1.807, 2.05) is 0 Å². The predicted molar refractivity (Wildman–Crippen MR) is 51.8 cm³/mol. The molecule has 0 bridgehead atoms. The number of rotatable bonds is 2. The van der Waals surface area contributed by atoms with Crippen LogP contribution in [0.5, 0.6) is 0 Å². The molecule has 1 saturated carbocycles. The van der Waals surface area contributed by atoms with Crippen molar-refractivity contribution in [3.63, 3.8) is 0 Å². The number of hydrogen-bond donors (Lipinski definition) is 0. The minimum Gasteiger partial charge on any atom is -0.0622 e. The second-order valence-electron chi connectivity index (χ2n) is 4.02. The Morgan fingerprint density at radius 1 is 1.17 bits per heavy atom. The molecule has 0 atom stereocenters. The summed E-state index contributed by atoms with van der Waals surface area (Å²) in [6, 6.07) is 10.7. The Bertz CT molecular complexity index is 244. The van der Waals surface area contributed by atoms with Crippen LogP contribution in [0.15, 0.2) is 30.3 Å². The van der Waals surface area contributed by atoms with Crippen LogP contribution in [0.1, 0.15) is 24.8 Å². The van der Waals surface area contributed by atoms with Gasteiger partial charge in [-0.15, -0.1) is 0 Å². The Hall–Kier alpha value is -0.780. The van der Waals surface area contributed by atoms with Crippen molar-refractivity contribution in [1.29, 1.82) is 0 Å². The van der Waals surface area contributed by atoms with Crippen LogP contribution in [0.25, 0.3) is 0 Å². The average molecular weight is 159 g/mol. The van der Waals surface area contributed by atoms with Gasteiger partial charge in [-0.25, -0.2) is 0 Å².